The normalized spacial score (nSPS) is 41.8. The average Bonchev–Trinajstić information content (AvgIpc) is 3.51. The van der Waals surface area contributed by atoms with Crippen molar-refractivity contribution in [1.82, 2.24) is 0 Å². The summed E-state index contributed by atoms with van der Waals surface area (Å²) in [7, 11) is 0. The molecule has 0 aromatic rings. The van der Waals surface area contributed by atoms with E-state index in [1.165, 1.54) is 56.9 Å². The summed E-state index contributed by atoms with van der Waals surface area (Å²) in [6.45, 7) is 9.06. The minimum atomic E-state index is -0.745. The van der Waals surface area contributed by atoms with E-state index in [4.69, 9.17) is 16.1 Å². The minimum absolute atomic E-state index is 0.00377. The summed E-state index contributed by atoms with van der Waals surface area (Å²) in [5, 5.41) is 31.0. The number of carbonyl (C=O) groups is 1. The van der Waals surface area contributed by atoms with Gasteiger partial charge in [0, 0.05) is 23.1 Å². The van der Waals surface area contributed by atoms with Crippen molar-refractivity contribution >= 4 is 28.6 Å². The smallest absolute Gasteiger partial charge is 0.305 e. The third-order valence-electron chi connectivity index (χ3n) is 18.6. The lowest BCUT2D eigenvalue weighted by atomic mass is 9.52. The van der Waals surface area contributed by atoms with Crippen LogP contribution in [0.5, 0.6) is 0 Å². The van der Waals surface area contributed by atoms with E-state index in [0.29, 0.717) is 91.8 Å². The molecule has 59 heavy (non-hydrogen) atoms. The Balaban J connectivity index is 1.16. The van der Waals surface area contributed by atoms with Gasteiger partial charge in [0.2, 0.25) is 0 Å². The maximum atomic E-state index is 13.9. The summed E-state index contributed by atoms with van der Waals surface area (Å²) < 4.78 is 12.7. The summed E-state index contributed by atoms with van der Waals surface area (Å²) in [5.74, 6) is 5.18. The molecule has 6 nitrogen and oxygen atoms in total. The van der Waals surface area contributed by atoms with E-state index < -0.39 is 6.29 Å². The first-order chi connectivity index (χ1) is 28.6. The van der Waals surface area contributed by atoms with Gasteiger partial charge in [-0.15, -0.1) is 0 Å². The highest BCUT2D eigenvalue weighted by Gasteiger charge is 2.67. The number of allylic oxidation sites excluding steroid dienone is 5. The number of carbonyl (C=O) groups excluding carboxylic acids is 1. The number of fused-ring (bicyclic) bond motifs is 4. The molecule has 334 valence electrons. The van der Waals surface area contributed by atoms with Gasteiger partial charge in [0.05, 0.1) is 13.2 Å². The Morgan fingerprint density at radius 3 is 2.08 bits per heavy atom. The quantitative estimate of drug-likeness (QED) is 0.0469. The molecule has 7 unspecified atom stereocenters. The molecule has 0 radical (unpaired) electrons. The summed E-state index contributed by atoms with van der Waals surface area (Å²) in [6.07, 6.45) is 37.4. The van der Waals surface area contributed by atoms with Crippen LogP contribution in [0.25, 0.3) is 0 Å². The Hall–Kier alpha value is -0.740. The van der Waals surface area contributed by atoms with Crippen LogP contribution in [0.4, 0.5) is 0 Å². The lowest BCUT2D eigenvalue weighted by Gasteiger charge is -2.55. The van der Waals surface area contributed by atoms with Gasteiger partial charge in [-0.1, -0.05) is 91.7 Å². The first-order valence-corrected chi connectivity index (χ1v) is 26.0. The molecule has 3 N–H and O–H groups in total. The van der Waals surface area contributed by atoms with Crippen LogP contribution in [0.1, 0.15) is 174 Å². The monoisotopic (exact) mass is 931 g/mol. The number of ether oxygens (including phenoxy) is 2. The topological polar surface area (TPSA) is 96.2 Å². The number of hydrogen-bond acceptors (Lipinski definition) is 6. The lowest BCUT2D eigenvalue weighted by Crippen LogP contribution is -2.50. The third-order valence-corrected chi connectivity index (χ3v) is 21.0. The van der Waals surface area contributed by atoms with Crippen LogP contribution in [0, 0.1) is 70.0 Å². The molecule has 7 aliphatic rings. The second-order valence-electron chi connectivity index (χ2n) is 21.4. The van der Waals surface area contributed by atoms with E-state index in [0.717, 1.165) is 103 Å². The zero-order chi connectivity index (χ0) is 41.5. The van der Waals surface area contributed by atoms with Gasteiger partial charge >= 0.3 is 5.97 Å². The van der Waals surface area contributed by atoms with Crippen molar-refractivity contribution in [1.29, 1.82) is 0 Å². The number of alkyl halides is 1. The first kappa shape index (κ1) is 46.3. The van der Waals surface area contributed by atoms with Crippen LogP contribution >= 0.6 is 22.6 Å². The van der Waals surface area contributed by atoms with Gasteiger partial charge < -0.3 is 24.8 Å². The molecule has 0 aromatic heterocycles. The number of rotatable bonds is 16. The summed E-state index contributed by atoms with van der Waals surface area (Å²) >= 11 is 3.02. The van der Waals surface area contributed by atoms with Gasteiger partial charge in [-0.2, -0.15) is 0 Å². The van der Waals surface area contributed by atoms with Crippen LogP contribution < -0.4 is 0 Å². The SMILES string of the molecule is C=C1CCCCC(C)C(CCC(=O)OCC2CCC(CO)CC2)(CCC2(CCC(O)OCC3CCC(CO)CC3)[C@@H]3CC=CCC3[C@@H]3CCCCC32I)[C@@H]2CC=CCC12. The maximum Gasteiger partial charge on any atom is 0.305 e. The van der Waals surface area contributed by atoms with Crippen LogP contribution in [0.3, 0.4) is 0 Å². The highest BCUT2D eigenvalue weighted by atomic mass is 127. The van der Waals surface area contributed by atoms with Crippen molar-refractivity contribution in [2.75, 3.05) is 26.4 Å². The number of halogens is 1. The highest BCUT2D eigenvalue weighted by Crippen LogP contribution is 2.72. The molecule has 7 aliphatic carbocycles. The van der Waals surface area contributed by atoms with Crippen molar-refractivity contribution in [2.24, 2.45) is 70.0 Å². The number of aliphatic hydroxyl groups excluding tert-OH is 3. The summed E-state index contributed by atoms with van der Waals surface area (Å²) in [4.78, 5) is 13.9. The fraction of sp³-hybridized carbons (Fsp3) is 0.865. The second-order valence-corrected chi connectivity index (χ2v) is 23.4. The Labute approximate surface area is 372 Å². The molecule has 7 rings (SSSR count). The zero-order valence-corrected chi connectivity index (χ0v) is 39.2. The van der Waals surface area contributed by atoms with E-state index in [1.807, 2.05) is 0 Å². The molecule has 0 aliphatic heterocycles. The van der Waals surface area contributed by atoms with E-state index in [9.17, 15) is 20.1 Å². The predicted octanol–water partition coefficient (Wildman–Crippen LogP) is 12.1. The zero-order valence-electron chi connectivity index (χ0n) is 37.0. The fourth-order valence-electron chi connectivity index (χ4n) is 14.9. The molecule has 7 heteroatoms. The second kappa shape index (κ2) is 21.3. The third kappa shape index (κ3) is 10.3. The molecule has 0 bridgehead atoms. The first-order valence-electron chi connectivity index (χ1n) is 25.0. The maximum absolute atomic E-state index is 13.9. The average molecular weight is 931 g/mol. The molecule has 10 atom stereocenters. The largest absolute Gasteiger partial charge is 0.465 e. The molecule has 0 heterocycles. The standard InChI is InChI=1S/C52H83IO6/c1-37-11-3-4-12-38(2)50(45-15-7-5-13-43(37)45,29-26-48(56)58-35-41-22-18-39(33-54)19-23-41)31-32-51(30-27-49(57)59-36-42-24-20-40(34-55)21-25-42)46-16-8-6-14-44(46)47-17-9-10-28-52(47,51)53/h5-8,38-47,49,54-55,57H,1,3-4,9-36H2,2H3/t38?,39?,40?,41?,42?,43?,44?,45-,46-,47+,49?,50?,51?,52?/m1/s1. The van der Waals surface area contributed by atoms with E-state index in [2.05, 4.69) is 53.8 Å². The van der Waals surface area contributed by atoms with Gasteiger partial charge in [0.15, 0.2) is 6.29 Å². The number of esters is 1. The van der Waals surface area contributed by atoms with Gasteiger partial charge in [0.25, 0.3) is 0 Å². The fourth-order valence-corrected chi connectivity index (χ4v) is 17.0. The van der Waals surface area contributed by atoms with Crippen LogP contribution in [-0.2, 0) is 14.3 Å². The Morgan fingerprint density at radius 1 is 0.746 bits per heavy atom. The van der Waals surface area contributed by atoms with Crippen molar-refractivity contribution in [3.63, 3.8) is 0 Å². The molecular formula is C52H83IO6. The molecular weight excluding hydrogens is 847 g/mol. The van der Waals surface area contributed by atoms with Crippen molar-refractivity contribution in [2.45, 2.75) is 184 Å². The Kier molecular flexibility index (Phi) is 16.7. The van der Waals surface area contributed by atoms with Crippen molar-refractivity contribution in [3.05, 3.63) is 36.5 Å². The van der Waals surface area contributed by atoms with Crippen LogP contribution in [0.15, 0.2) is 36.5 Å². The molecule has 5 saturated carbocycles. The van der Waals surface area contributed by atoms with Crippen molar-refractivity contribution in [3.8, 4) is 0 Å². The molecule has 0 spiro atoms. The van der Waals surface area contributed by atoms with E-state index in [-0.39, 0.29) is 26.8 Å². The minimum Gasteiger partial charge on any atom is -0.465 e. The summed E-state index contributed by atoms with van der Waals surface area (Å²) in [5.41, 5.74) is 1.53. The lowest BCUT2D eigenvalue weighted by molar-refractivity contribution is -0.147. The van der Waals surface area contributed by atoms with Gasteiger partial charge in [-0.05, 0) is 205 Å². The van der Waals surface area contributed by atoms with Crippen LogP contribution in [-0.4, -0.2) is 57.4 Å². The van der Waals surface area contributed by atoms with Gasteiger partial charge in [-0.25, -0.2) is 0 Å². The summed E-state index contributed by atoms with van der Waals surface area (Å²) in [6, 6.07) is 0. The van der Waals surface area contributed by atoms with E-state index in [1.54, 1.807) is 0 Å². The predicted molar refractivity (Wildman–Crippen MR) is 247 cm³/mol. The van der Waals surface area contributed by atoms with Crippen LogP contribution in [0.2, 0.25) is 0 Å². The highest BCUT2D eigenvalue weighted by molar-refractivity contribution is 14.1. The van der Waals surface area contributed by atoms with Crippen molar-refractivity contribution < 1.29 is 29.6 Å². The number of hydrogen-bond donors (Lipinski definition) is 3. The van der Waals surface area contributed by atoms with Gasteiger partial charge in [-0.3, -0.25) is 4.79 Å². The molecule has 0 amide bonds. The molecule has 5 fully saturated rings. The van der Waals surface area contributed by atoms with E-state index >= 15 is 0 Å². The van der Waals surface area contributed by atoms with Gasteiger partial charge in [0.1, 0.15) is 0 Å². The Morgan fingerprint density at radius 2 is 1.37 bits per heavy atom. The molecule has 0 aromatic carbocycles. The molecule has 0 saturated heterocycles. The Bertz CT molecular complexity index is 1410. The number of aliphatic hydroxyl groups is 3.